The topological polar surface area (TPSA) is 72.0 Å². The van der Waals surface area contributed by atoms with Crippen LogP contribution in [0.3, 0.4) is 0 Å². The van der Waals surface area contributed by atoms with E-state index in [-0.39, 0.29) is 35.6 Å². The lowest BCUT2D eigenvalue weighted by molar-refractivity contribution is -0.136. The predicted molar refractivity (Wildman–Crippen MR) is 64.4 cm³/mol. The lowest BCUT2D eigenvalue weighted by Gasteiger charge is -2.11. The molecule has 1 aromatic heterocycles. The summed E-state index contributed by atoms with van der Waals surface area (Å²) < 4.78 is 38.7. The predicted octanol–water partition coefficient (Wildman–Crippen LogP) is 2.16. The van der Waals surface area contributed by atoms with Gasteiger partial charge >= 0.3 is 6.18 Å². The van der Waals surface area contributed by atoms with Crippen LogP contribution in [0.1, 0.15) is 17.8 Å². The molecule has 3 N–H and O–H groups in total. The van der Waals surface area contributed by atoms with Crippen LogP contribution in [0.2, 0.25) is 0 Å². The van der Waals surface area contributed by atoms with Crippen molar-refractivity contribution in [2.45, 2.75) is 19.0 Å². The molecular formula is C12H12F3N3O. The number of aromatic nitrogens is 2. The van der Waals surface area contributed by atoms with Gasteiger partial charge in [0.15, 0.2) is 0 Å². The highest BCUT2D eigenvalue weighted by atomic mass is 19.4. The van der Waals surface area contributed by atoms with Gasteiger partial charge in [0, 0.05) is 18.4 Å². The molecule has 1 aromatic carbocycles. The zero-order valence-electron chi connectivity index (χ0n) is 9.91. The molecule has 4 nitrogen and oxygen atoms in total. The van der Waals surface area contributed by atoms with E-state index >= 15 is 0 Å². The molecule has 19 heavy (non-hydrogen) atoms. The van der Waals surface area contributed by atoms with Crippen molar-refractivity contribution in [3.63, 3.8) is 0 Å². The molecule has 0 atom stereocenters. The summed E-state index contributed by atoms with van der Waals surface area (Å²) in [7, 11) is 0. The van der Waals surface area contributed by atoms with Gasteiger partial charge in [-0.1, -0.05) is 6.07 Å². The molecule has 0 bridgehead atoms. The van der Waals surface area contributed by atoms with Crippen molar-refractivity contribution in [3.05, 3.63) is 29.6 Å². The monoisotopic (exact) mass is 271 g/mol. The third-order valence-electron chi connectivity index (χ3n) is 2.67. The van der Waals surface area contributed by atoms with Crippen LogP contribution in [0.15, 0.2) is 18.2 Å². The van der Waals surface area contributed by atoms with Gasteiger partial charge in [-0.05, 0) is 18.6 Å². The first-order chi connectivity index (χ1) is 8.93. The summed E-state index contributed by atoms with van der Waals surface area (Å²) in [6.45, 7) is -0.0811. The molecule has 0 aliphatic heterocycles. The first kappa shape index (κ1) is 13.5. The number of alkyl halides is 3. The summed E-state index contributed by atoms with van der Waals surface area (Å²) in [5, 5.41) is 8.91. The average Bonchev–Trinajstić information content (AvgIpc) is 2.34. The van der Waals surface area contributed by atoms with E-state index in [2.05, 4.69) is 9.97 Å². The summed E-state index contributed by atoms with van der Waals surface area (Å²) >= 11 is 0. The Hall–Kier alpha value is -1.89. The standard InChI is InChI=1S/C12H12F3N3O/c13-12(14,15)8-4-1-3-7-10(8)17-9(5-2-6-19)18-11(7)16/h1,3-4,19H,2,5-6H2,(H2,16,17,18). The minimum absolute atomic E-state index is 0.0176. The third kappa shape index (κ3) is 2.76. The van der Waals surface area contributed by atoms with Crippen LogP contribution >= 0.6 is 0 Å². The fourth-order valence-corrected chi connectivity index (χ4v) is 1.80. The Morgan fingerprint density at radius 1 is 1.21 bits per heavy atom. The Balaban J connectivity index is 2.62. The highest BCUT2D eigenvalue weighted by Gasteiger charge is 2.33. The Bertz CT molecular complexity index is 599. The van der Waals surface area contributed by atoms with Crippen molar-refractivity contribution in [2.24, 2.45) is 0 Å². The summed E-state index contributed by atoms with van der Waals surface area (Å²) in [5.74, 6) is 0.222. The number of nitrogen functional groups attached to an aromatic ring is 1. The number of halogens is 3. The number of aryl methyl sites for hydroxylation is 1. The Kier molecular flexibility index (Phi) is 3.57. The van der Waals surface area contributed by atoms with Crippen molar-refractivity contribution < 1.29 is 18.3 Å². The van der Waals surface area contributed by atoms with Gasteiger partial charge in [0.05, 0.1) is 11.1 Å². The average molecular weight is 271 g/mol. The Morgan fingerprint density at radius 3 is 2.58 bits per heavy atom. The van der Waals surface area contributed by atoms with Crippen molar-refractivity contribution in [1.29, 1.82) is 0 Å². The van der Waals surface area contributed by atoms with E-state index < -0.39 is 11.7 Å². The SMILES string of the molecule is Nc1nc(CCCO)nc2c(C(F)(F)F)cccc12. The molecule has 1 heterocycles. The first-order valence-corrected chi connectivity index (χ1v) is 5.66. The highest BCUT2D eigenvalue weighted by Crippen LogP contribution is 2.34. The van der Waals surface area contributed by atoms with E-state index in [0.717, 1.165) is 6.07 Å². The van der Waals surface area contributed by atoms with Gasteiger partial charge in [0.1, 0.15) is 11.6 Å². The van der Waals surface area contributed by atoms with Crippen LogP contribution in [0.4, 0.5) is 19.0 Å². The number of benzene rings is 1. The van der Waals surface area contributed by atoms with Gasteiger partial charge in [0.25, 0.3) is 0 Å². The van der Waals surface area contributed by atoms with Gasteiger partial charge in [-0.25, -0.2) is 9.97 Å². The molecule has 2 rings (SSSR count). The zero-order chi connectivity index (χ0) is 14.0. The molecule has 0 radical (unpaired) electrons. The maximum atomic E-state index is 12.9. The van der Waals surface area contributed by atoms with Crippen molar-refractivity contribution in [3.8, 4) is 0 Å². The van der Waals surface area contributed by atoms with E-state index in [4.69, 9.17) is 10.8 Å². The number of anilines is 1. The van der Waals surface area contributed by atoms with E-state index in [9.17, 15) is 13.2 Å². The zero-order valence-corrected chi connectivity index (χ0v) is 9.91. The van der Waals surface area contributed by atoms with E-state index in [0.29, 0.717) is 6.42 Å². The lowest BCUT2D eigenvalue weighted by atomic mass is 10.1. The smallest absolute Gasteiger partial charge is 0.396 e. The molecule has 0 aliphatic carbocycles. The fourth-order valence-electron chi connectivity index (χ4n) is 1.80. The molecule has 0 saturated carbocycles. The Labute approximate surface area is 107 Å². The molecule has 102 valence electrons. The van der Waals surface area contributed by atoms with Crippen LogP contribution in [-0.2, 0) is 12.6 Å². The number of para-hydroxylation sites is 1. The second kappa shape index (κ2) is 5.00. The lowest BCUT2D eigenvalue weighted by Crippen LogP contribution is -2.09. The normalized spacial score (nSPS) is 12.0. The number of nitrogens with two attached hydrogens (primary N) is 1. The van der Waals surface area contributed by atoms with Gasteiger partial charge in [-0.2, -0.15) is 13.2 Å². The van der Waals surface area contributed by atoms with Crippen LogP contribution in [0.25, 0.3) is 10.9 Å². The maximum Gasteiger partial charge on any atom is 0.418 e. The highest BCUT2D eigenvalue weighted by molar-refractivity contribution is 5.90. The molecule has 7 heteroatoms. The van der Waals surface area contributed by atoms with Gasteiger partial charge in [-0.3, -0.25) is 0 Å². The van der Waals surface area contributed by atoms with Crippen LogP contribution in [-0.4, -0.2) is 21.7 Å². The van der Waals surface area contributed by atoms with E-state index in [1.54, 1.807) is 0 Å². The third-order valence-corrected chi connectivity index (χ3v) is 2.67. The molecule has 0 unspecified atom stereocenters. The van der Waals surface area contributed by atoms with Crippen molar-refractivity contribution in [1.82, 2.24) is 9.97 Å². The Morgan fingerprint density at radius 2 is 1.95 bits per heavy atom. The van der Waals surface area contributed by atoms with Crippen LogP contribution in [0.5, 0.6) is 0 Å². The van der Waals surface area contributed by atoms with Gasteiger partial charge in [0.2, 0.25) is 0 Å². The first-order valence-electron chi connectivity index (χ1n) is 5.66. The summed E-state index contributed by atoms with van der Waals surface area (Å²) in [6, 6.07) is 3.69. The molecule has 2 aromatic rings. The molecular weight excluding hydrogens is 259 g/mol. The molecule has 0 fully saturated rings. The van der Waals surface area contributed by atoms with Gasteiger partial charge in [-0.15, -0.1) is 0 Å². The second-order valence-corrected chi connectivity index (χ2v) is 4.05. The quantitative estimate of drug-likeness (QED) is 0.897. The minimum atomic E-state index is -4.49. The molecule has 0 aliphatic rings. The van der Waals surface area contributed by atoms with Crippen molar-refractivity contribution in [2.75, 3.05) is 12.3 Å². The van der Waals surface area contributed by atoms with Crippen molar-refractivity contribution >= 4 is 16.7 Å². The number of rotatable bonds is 3. The molecule has 0 spiro atoms. The number of fused-ring (bicyclic) bond motifs is 1. The molecule has 0 amide bonds. The summed E-state index contributed by atoms with van der Waals surface area (Å²) in [5.41, 5.74) is 4.63. The number of aliphatic hydroxyl groups excluding tert-OH is 1. The summed E-state index contributed by atoms with van der Waals surface area (Å²) in [4.78, 5) is 7.87. The molecule has 0 saturated heterocycles. The van der Waals surface area contributed by atoms with E-state index in [1.807, 2.05) is 0 Å². The minimum Gasteiger partial charge on any atom is -0.396 e. The summed E-state index contributed by atoms with van der Waals surface area (Å²) in [6.07, 6.45) is -3.84. The number of hydrogen-bond acceptors (Lipinski definition) is 4. The van der Waals surface area contributed by atoms with Gasteiger partial charge < -0.3 is 10.8 Å². The number of hydrogen-bond donors (Lipinski definition) is 2. The number of nitrogens with zero attached hydrogens (tertiary/aromatic N) is 2. The van der Waals surface area contributed by atoms with E-state index in [1.165, 1.54) is 12.1 Å². The second-order valence-electron chi connectivity index (χ2n) is 4.05. The maximum absolute atomic E-state index is 12.9. The van der Waals surface area contributed by atoms with Crippen LogP contribution < -0.4 is 5.73 Å². The largest absolute Gasteiger partial charge is 0.418 e. The fraction of sp³-hybridized carbons (Fsp3) is 0.333. The number of aliphatic hydroxyl groups is 1. The van der Waals surface area contributed by atoms with Crippen LogP contribution in [0, 0.1) is 0 Å².